The van der Waals surface area contributed by atoms with Gasteiger partial charge in [-0.1, -0.05) is 12.1 Å². The summed E-state index contributed by atoms with van der Waals surface area (Å²) < 4.78 is 9.90. The van der Waals surface area contributed by atoms with Crippen LogP contribution in [0, 0.1) is 11.3 Å². The van der Waals surface area contributed by atoms with Gasteiger partial charge in [-0.3, -0.25) is 4.79 Å². The Hall–Kier alpha value is -3.33. The largest absolute Gasteiger partial charge is 0.467 e. The number of carbonyl (C=O) groups excluding carboxylic acids is 2. The zero-order chi connectivity index (χ0) is 18.1. The average Bonchev–Trinajstić information content (AvgIpc) is 3.16. The Morgan fingerprint density at radius 1 is 1.28 bits per heavy atom. The van der Waals surface area contributed by atoms with Gasteiger partial charge < -0.3 is 14.1 Å². The second-order valence-electron chi connectivity index (χ2n) is 5.19. The van der Waals surface area contributed by atoms with Gasteiger partial charge in [0.05, 0.1) is 38.0 Å². The first kappa shape index (κ1) is 18.0. The highest BCUT2D eigenvalue weighted by Crippen LogP contribution is 2.10. The van der Waals surface area contributed by atoms with Gasteiger partial charge in [0.1, 0.15) is 5.76 Å². The molecule has 0 aliphatic heterocycles. The fourth-order valence-corrected chi connectivity index (χ4v) is 2.16. The van der Waals surface area contributed by atoms with Crippen molar-refractivity contribution in [3.8, 4) is 6.07 Å². The highest BCUT2D eigenvalue weighted by molar-refractivity contribution is 5.92. The van der Waals surface area contributed by atoms with E-state index in [1.165, 1.54) is 13.2 Å². The average molecular weight is 338 g/mol. The van der Waals surface area contributed by atoms with Crippen LogP contribution in [-0.4, -0.2) is 30.4 Å². The van der Waals surface area contributed by atoms with Crippen molar-refractivity contribution in [1.29, 1.82) is 5.26 Å². The van der Waals surface area contributed by atoms with Crippen LogP contribution in [-0.2, 0) is 16.1 Å². The van der Waals surface area contributed by atoms with Crippen molar-refractivity contribution < 1.29 is 18.7 Å². The fraction of sp³-hybridized carbons (Fsp3) is 0.211. The summed E-state index contributed by atoms with van der Waals surface area (Å²) in [6, 6.07) is 12.3. The molecule has 128 valence electrons. The quantitative estimate of drug-likeness (QED) is 0.572. The maximum Gasteiger partial charge on any atom is 0.337 e. The molecule has 0 aliphatic carbocycles. The molecule has 0 radical (unpaired) electrons. The smallest absolute Gasteiger partial charge is 0.337 e. The summed E-state index contributed by atoms with van der Waals surface area (Å²) in [7, 11) is 1.32. The maximum absolute atomic E-state index is 12.4. The highest BCUT2D eigenvalue weighted by Gasteiger charge is 2.12. The van der Waals surface area contributed by atoms with Gasteiger partial charge in [-0.2, -0.15) is 5.26 Å². The van der Waals surface area contributed by atoms with Crippen LogP contribution in [0.5, 0.6) is 0 Å². The van der Waals surface area contributed by atoms with E-state index in [1.54, 1.807) is 53.6 Å². The third-order valence-electron chi connectivity index (χ3n) is 3.48. The lowest BCUT2D eigenvalue weighted by atomic mass is 10.1. The number of rotatable bonds is 7. The van der Waals surface area contributed by atoms with Crippen LogP contribution in [0.4, 0.5) is 0 Å². The summed E-state index contributed by atoms with van der Waals surface area (Å²) in [5, 5.41) is 8.75. The summed E-state index contributed by atoms with van der Waals surface area (Å²) in [5.41, 5.74) is 1.22. The first-order valence-corrected chi connectivity index (χ1v) is 7.68. The van der Waals surface area contributed by atoms with Crippen LogP contribution in [0.1, 0.15) is 28.1 Å². The van der Waals surface area contributed by atoms with Gasteiger partial charge in [0.15, 0.2) is 0 Å². The van der Waals surface area contributed by atoms with Crippen LogP contribution in [0.15, 0.2) is 53.2 Å². The summed E-state index contributed by atoms with van der Waals surface area (Å²) in [5.74, 6) is 0.0264. The number of methoxy groups -OCH3 is 1. The number of furan rings is 1. The Bertz CT molecular complexity index is 771. The molecule has 25 heavy (non-hydrogen) atoms. The van der Waals surface area contributed by atoms with E-state index < -0.39 is 5.97 Å². The maximum atomic E-state index is 12.4. The number of carbonyl (C=O) groups is 2. The van der Waals surface area contributed by atoms with Crippen LogP contribution < -0.4 is 0 Å². The normalized spacial score (nSPS) is 10.4. The molecule has 0 saturated carbocycles. The summed E-state index contributed by atoms with van der Waals surface area (Å²) >= 11 is 0. The predicted molar refractivity (Wildman–Crippen MR) is 91.2 cm³/mol. The van der Waals surface area contributed by atoms with E-state index in [1.807, 2.05) is 6.07 Å². The monoisotopic (exact) mass is 338 g/mol. The Balaban J connectivity index is 2.04. The minimum Gasteiger partial charge on any atom is -0.467 e. The molecule has 0 aliphatic rings. The number of hydrogen-bond donors (Lipinski definition) is 0. The molecule has 2 aromatic rings. The standard InChI is InChI=1S/C19H18N2O4/c1-24-19(23)16-8-5-15(6-9-16)7-10-18(22)21(12-3-11-20)14-17-4-2-13-25-17/h2,4-10,13H,3,12,14H2,1H3/b10-7+. The molecule has 0 saturated heterocycles. The number of amides is 1. The molecule has 0 unspecified atom stereocenters. The molecule has 0 N–H and O–H groups in total. The molecule has 0 spiro atoms. The van der Waals surface area contributed by atoms with Crippen LogP contribution >= 0.6 is 0 Å². The molecule has 6 heteroatoms. The molecule has 0 fully saturated rings. The molecule has 1 amide bonds. The van der Waals surface area contributed by atoms with Gasteiger partial charge in [0, 0.05) is 12.6 Å². The number of benzene rings is 1. The molecule has 0 bridgehead atoms. The van der Waals surface area contributed by atoms with Gasteiger partial charge >= 0.3 is 5.97 Å². The van der Waals surface area contributed by atoms with E-state index >= 15 is 0 Å². The Morgan fingerprint density at radius 2 is 2.04 bits per heavy atom. The van der Waals surface area contributed by atoms with Crippen molar-refractivity contribution in [1.82, 2.24) is 4.90 Å². The molecule has 1 aromatic heterocycles. The Morgan fingerprint density at radius 3 is 2.64 bits per heavy atom. The van der Waals surface area contributed by atoms with Gasteiger partial charge in [-0.15, -0.1) is 0 Å². The second kappa shape index (κ2) is 9.08. The third-order valence-corrected chi connectivity index (χ3v) is 3.48. The van der Waals surface area contributed by atoms with Gasteiger partial charge in [-0.25, -0.2) is 4.79 Å². The third kappa shape index (κ3) is 5.36. The predicted octanol–water partition coefficient (Wildman–Crippen LogP) is 3.02. The summed E-state index contributed by atoms with van der Waals surface area (Å²) in [6.45, 7) is 0.626. The lowest BCUT2D eigenvalue weighted by Gasteiger charge is -2.18. The van der Waals surface area contributed by atoms with E-state index in [4.69, 9.17) is 9.68 Å². The van der Waals surface area contributed by atoms with E-state index in [9.17, 15) is 9.59 Å². The van der Waals surface area contributed by atoms with E-state index in [0.29, 0.717) is 24.4 Å². The van der Waals surface area contributed by atoms with Crippen molar-refractivity contribution in [2.45, 2.75) is 13.0 Å². The summed E-state index contributed by atoms with van der Waals surface area (Å²) in [6.07, 6.45) is 4.88. The first-order valence-electron chi connectivity index (χ1n) is 7.68. The van der Waals surface area contributed by atoms with Crippen LogP contribution in [0.3, 0.4) is 0 Å². The SMILES string of the molecule is COC(=O)c1ccc(/C=C/C(=O)N(CCC#N)Cc2ccco2)cc1. The van der Waals surface area contributed by atoms with E-state index in [0.717, 1.165) is 5.56 Å². The van der Waals surface area contributed by atoms with Crippen molar-refractivity contribution in [2.24, 2.45) is 0 Å². The second-order valence-corrected chi connectivity index (χ2v) is 5.19. The zero-order valence-corrected chi connectivity index (χ0v) is 13.8. The molecule has 6 nitrogen and oxygen atoms in total. The number of nitriles is 1. The minimum atomic E-state index is -0.410. The van der Waals surface area contributed by atoms with E-state index in [2.05, 4.69) is 4.74 Å². The molecule has 1 heterocycles. The van der Waals surface area contributed by atoms with Crippen LogP contribution in [0.25, 0.3) is 6.08 Å². The Labute approximate surface area is 145 Å². The lowest BCUT2D eigenvalue weighted by molar-refractivity contribution is -0.126. The van der Waals surface area contributed by atoms with Crippen molar-refractivity contribution in [2.75, 3.05) is 13.7 Å². The summed E-state index contributed by atoms with van der Waals surface area (Å²) in [4.78, 5) is 25.3. The molecular formula is C19H18N2O4. The fourth-order valence-electron chi connectivity index (χ4n) is 2.16. The number of esters is 1. The van der Waals surface area contributed by atoms with Crippen molar-refractivity contribution >= 4 is 18.0 Å². The zero-order valence-electron chi connectivity index (χ0n) is 13.8. The highest BCUT2D eigenvalue weighted by atomic mass is 16.5. The van der Waals surface area contributed by atoms with Crippen LogP contribution in [0.2, 0.25) is 0 Å². The van der Waals surface area contributed by atoms with Crippen molar-refractivity contribution in [3.05, 3.63) is 65.6 Å². The van der Waals surface area contributed by atoms with Gasteiger partial charge in [0.2, 0.25) is 5.91 Å². The topological polar surface area (TPSA) is 83.5 Å². The Kier molecular flexibility index (Phi) is 6.55. The molecule has 1 aromatic carbocycles. The molecular weight excluding hydrogens is 320 g/mol. The molecule has 2 rings (SSSR count). The number of ether oxygens (including phenoxy) is 1. The van der Waals surface area contributed by atoms with E-state index in [-0.39, 0.29) is 12.3 Å². The lowest BCUT2D eigenvalue weighted by Crippen LogP contribution is -2.29. The molecule has 0 atom stereocenters. The number of nitrogens with zero attached hydrogens (tertiary/aromatic N) is 2. The first-order chi connectivity index (χ1) is 12.1. The van der Waals surface area contributed by atoms with Gasteiger partial charge in [-0.05, 0) is 35.9 Å². The van der Waals surface area contributed by atoms with Crippen molar-refractivity contribution in [3.63, 3.8) is 0 Å². The number of hydrogen-bond acceptors (Lipinski definition) is 5. The van der Waals surface area contributed by atoms with Gasteiger partial charge in [0.25, 0.3) is 0 Å². The minimum absolute atomic E-state index is 0.219.